The molecule has 0 saturated heterocycles. The van der Waals surface area contributed by atoms with Crippen LogP contribution in [0.1, 0.15) is 53.5 Å². The van der Waals surface area contributed by atoms with Crippen LogP contribution in [-0.2, 0) is 6.42 Å². The van der Waals surface area contributed by atoms with Crippen molar-refractivity contribution in [2.45, 2.75) is 39.7 Å². The van der Waals surface area contributed by atoms with E-state index in [1.807, 2.05) is 29.6 Å². The molecule has 0 radical (unpaired) electrons. The largest absolute Gasteiger partial charge is 0.342 e. The van der Waals surface area contributed by atoms with Crippen molar-refractivity contribution >= 4 is 28.2 Å². The Balaban J connectivity index is 2.03. The molecule has 1 aromatic heterocycles. The third-order valence-electron chi connectivity index (χ3n) is 4.75. The van der Waals surface area contributed by atoms with Crippen LogP contribution in [-0.4, -0.2) is 36.3 Å². The number of nitrogens with one attached hydrogen (secondary N) is 1. The minimum atomic E-state index is -0.210. The first kappa shape index (κ1) is 21.1. The fraction of sp³-hybridized carbons (Fsp3) is 0.429. The average Bonchev–Trinajstić information content (AvgIpc) is 3.12. The van der Waals surface area contributed by atoms with Gasteiger partial charge in [-0.25, -0.2) is 0 Å². The number of anilines is 1. The summed E-state index contributed by atoms with van der Waals surface area (Å²) in [6.07, 6.45) is 1.67. The summed E-state index contributed by atoms with van der Waals surface area (Å²) >= 11 is 1.35. The summed E-state index contributed by atoms with van der Waals surface area (Å²) in [6.45, 7) is 6.81. The second-order valence-electron chi connectivity index (χ2n) is 7.09. The number of nitrogens with two attached hydrogens (primary N) is 1. The Bertz CT molecular complexity index is 768. The number of benzene rings is 1. The van der Waals surface area contributed by atoms with Gasteiger partial charge in [0.1, 0.15) is 5.00 Å². The van der Waals surface area contributed by atoms with Crippen LogP contribution in [0, 0.1) is 5.92 Å². The minimum Gasteiger partial charge on any atom is -0.342 e. The first-order valence-electron chi connectivity index (χ1n) is 9.32. The maximum absolute atomic E-state index is 12.8. The van der Waals surface area contributed by atoms with Gasteiger partial charge in [0, 0.05) is 25.2 Å². The summed E-state index contributed by atoms with van der Waals surface area (Å²) in [4.78, 5) is 26.9. The number of amides is 2. The number of hydrogen-bond donors (Lipinski definition) is 2. The van der Waals surface area contributed by atoms with Gasteiger partial charge in [0.05, 0.1) is 5.56 Å². The zero-order valence-corrected chi connectivity index (χ0v) is 17.3. The maximum Gasteiger partial charge on any atom is 0.256 e. The van der Waals surface area contributed by atoms with Crippen molar-refractivity contribution < 1.29 is 9.59 Å². The van der Waals surface area contributed by atoms with Gasteiger partial charge in [0.15, 0.2) is 0 Å². The summed E-state index contributed by atoms with van der Waals surface area (Å²) in [5.41, 5.74) is 8.34. The van der Waals surface area contributed by atoms with Crippen LogP contribution < -0.4 is 11.1 Å². The van der Waals surface area contributed by atoms with E-state index in [4.69, 9.17) is 5.73 Å². The second kappa shape index (κ2) is 9.67. The number of nitrogens with zero attached hydrogens (tertiary/aromatic N) is 1. The fourth-order valence-corrected chi connectivity index (χ4v) is 3.40. The van der Waals surface area contributed by atoms with Crippen LogP contribution in [0.5, 0.6) is 0 Å². The molecule has 2 rings (SSSR count). The standard InChI is InChI=1S/C21H29N3O2S/c1-5-15-6-8-16(9-7-15)19(25)23-20-17(11-13-27-20)21(26)24(4)12-10-18(22)14(2)3/h6-9,11,13-14,18H,5,10,12,22H2,1-4H3,(H,23,25). The van der Waals surface area contributed by atoms with Gasteiger partial charge in [-0.15, -0.1) is 11.3 Å². The van der Waals surface area contributed by atoms with Gasteiger partial charge in [-0.05, 0) is 47.9 Å². The number of rotatable bonds is 8. The molecular weight excluding hydrogens is 358 g/mol. The van der Waals surface area contributed by atoms with Crippen molar-refractivity contribution in [2.75, 3.05) is 18.9 Å². The maximum atomic E-state index is 12.8. The van der Waals surface area contributed by atoms with Gasteiger partial charge in [-0.2, -0.15) is 0 Å². The molecular formula is C21H29N3O2S. The van der Waals surface area contributed by atoms with Crippen molar-refractivity contribution in [3.05, 3.63) is 52.4 Å². The molecule has 27 heavy (non-hydrogen) atoms. The molecule has 0 fully saturated rings. The van der Waals surface area contributed by atoms with Crippen molar-refractivity contribution in [2.24, 2.45) is 11.7 Å². The van der Waals surface area contributed by atoms with Crippen molar-refractivity contribution in [3.63, 3.8) is 0 Å². The van der Waals surface area contributed by atoms with E-state index in [0.717, 1.165) is 12.8 Å². The Morgan fingerprint density at radius 2 is 1.85 bits per heavy atom. The topological polar surface area (TPSA) is 75.4 Å². The molecule has 2 aromatic rings. The highest BCUT2D eigenvalue weighted by atomic mass is 32.1. The lowest BCUT2D eigenvalue weighted by molar-refractivity contribution is 0.0790. The van der Waals surface area contributed by atoms with Crippen LogP contribution in [0.25, 0.3) is 0 Å². The number of carbonyl (C=O) groups excluding carboxylic acids is 2. The molecule has 6 heteroatoms. The first-order chi connectivity index (χ1) is 12.8. The van der Waals surface area contributed by atoms with Crippen molar-refractivity contribution in [1.82, 2.24) is 4.90 Å². The molecule has 0 bridgehead atoms. The number of thiophene rings is 1. The zero-order chi connectivity index (χ0) is 20.0. The highest BCUT2D eigenvalue weighted by Gasteiger charge is 2.20. The SMILES string of the molecule is CCc1ccc(C(=O)Nc2sccc2C(=O)N(C)CCC(N)C(C)C)cc1. The quantitative estimate of drug-likeness (QED) is 0.719. The summed E-state index contributed by atoms with van der Waals surface area (Å²) in [6, 6.07) is 9.32. The van der Waals surface area contributed by atoms with Crippen LogP contribution >= 0.6 is 11.3 Å². The monoisotopic (exact) mass is 387 g/mol. The van der Waals surface area contributed by atoms with E-state index >= 15 is 0 Å². The molecule has 2 amide bonds. The van der Waals surface area contributed by atoms with Gasteiger partial charge in [0.25, 0.3) is 11.8 Å². The van der Waals surface area contributed by atoms with Gasteiger partial charge in [-0.1, -0.05) is 32.9 Å². The third kappa shape index (κ3) is 5.65. The molecule has 0 aliphatic heterocycles. The summed E-state index contributed by atoms with van der Waals surface area (Å²) in [7, 11) is 1.77. The molecule has 1 unspecified atom stereocenters. The van der Waals surface area contributed by atoms with E-state index in [-0.39, 0.29) is 17.9 Å². The summed E-state index contributed by atoms with van der Waals surface area (Å²) in [5, 5.41) is 5.26. The Kier molecular flexibility index (Phi) is 7.56. The van der Waals surface area contributed by atoms with E-state index in [1.165, 1.54) is 16.9 Å². The molecule has 5 nitrogen and oxygen atoms in total. The van der Waals surface area contributed by atoms with Crippen LogP contribution in [0.2, 0.25) is 0 Å². The number of aryl methyl sites for hydroxylation is 1. The van der Waals surface area contributed by atoms with Crippen LogP contribution in [0.4, 0.5) is 5.00 Å². The van der Waals surface area contributed by atoms with Gasteiger partial charge < -0.3 is 16.0 Å². The smallest absolute Gasteiger partial charge is 0.256 e. The van der Waals surface area contributed by atoms with Crippen molar-refractivity contribution in [1.29, 1.82) is 0 Å². The Labute approximate surface area is 165 Å². The van der Waals surface area contributed by atoms with Crippen LogP contribution in [0.15, 0.2) is 35.7 Å². The average molecular weight is 388 g/mol. The predicted molar refractivity (Wildman–Crippen MR) is 112 cm³/mol. The lowest BCUT2D eigenvalue weighted by Gasteiger charge is -2.21. The molecule has 0 saturated carbocycles. The molecule has 0 aliphatic carbocycles. The second-order valence-corrected chi connectivity index (χ2v) is 8.01. The molecule has 1 atom stereocenters. The van der Waals surface area contributed by atoms with Crippen LogP contribution in [0.3, 0.4) is 0 Å². The fourth-order valence-electron chi connectivity index (χ4n) is 2.62. The Morgan fingerprint density at radius 1 is 1.19 bits per heavy atom. The van der Waals surface area contributed by atoms with E-state index in [0.29, 0.717) is 28.6 Å². The van der Waals surface area contributed by atoms with E-state index in [2.05, 4.69) is 26.1 Å². The van der Waals surface area contributed by atoms with E-state index in [1.54, 1.807) is 18.0 Å². The molecule has 0 spiro atoms. The highest BCUT2D eigenvalue weighted by Crippen LogP contribution is 2.25. The summed E-state index contributed by atoms with van der Waals surface area (Å²) < 4.78 is 0. The van der Waals surface area contributed by atoms with Crippen molar-refractivity contribution in [3.8, 4) is 0 Å². The highest BCUT2D eigenvalue weighted by molar-refractivity contribution is 7.14. The lowest BCUT2D eigenvalue weighted by Crippen LogP contribution is -2.34. The van der Waals surface area contributed by atoms with Gasteiger partial charge in [-0.3, -0.25) is 9.59 Å². The molecule has 1 heterocycles. The number of hydrogen-bond acceptors (Lipinski definition) is 4. The van der Waals surface area contributed by atoms with E-state index in [9.17, 15) is 9.59 Å². The normalized spacial score (nSPS) is 12.1. The zero-order valence-electron chi connectivity index (χ0n) is 16.5. The first-order valence-corrected chi connectivity index (χ1v) is 10.2. The molecule has 146 valence electrons. The lowest BCUT2D eigenvalue weighted by atomic mass is 10.0. The number of carbonyl (C=O) groups is 2. The minimum absolute atomic E-state index is 0.0630. The molecule has 0 aliphatic rings. The molecule has 1 aromatic carbocycles. The van der Waals surface area contributed by atoms with E-state index < -0.39 is 0 Å². The third-order valence-corrected chi connectivity index (χ3v) is 5.58. The van der Waals surface area contributed by atoms with Gasteiger partial charge in [0.2, 0.25) is 0 Å². The summed E-state index contributed by atoms with van der Waals surface area (Å²) in [5.74, 6) is 0.0612. The predicted octanol–water partition coefficient (Wildman–Crippen LogP) is 4.01. The Morgan fingerprint density at radius 3 is 2.44 bits per heavy atom. The van der Waals surface area contributed by atoms with Gasteiger partial charge >= 0.3 is 0 Å². The Hall–Kier alpha value is -2.18. The molecule has 3 N–H and O–H groups in total.